The number of esters is 1. The van der Waals surface area contributed by atoms with Crippen LogP contribution in [0.4, 0.5) is 0 Å². The standard InChI is InChI=1S/C31H28N4O9S/c1-15-3-5-17(6-4-15)22-12-11-21(26(38)32-22)27(39)33-23(18-7-9-20(37)10-8-18)28(40)34-24-29(41)35-25(31(42)43)19(13-44-16(2)36)14-45-30(24)35/h3-12,23-24,30,37H,13-14H2,1-2H3,(H,32,38)(H,33,39)(H,34,40)(H,42,43)/t23?,24?,30-/m0/s1/i/hD. The fraction of sp³-hybridized carbons (Fsp3) is 0.226. The number of carbonyl (C=O) groups excluding carboxylic acids is 4. The molecular formula is C31H28N4O9S. The van der Waals surface area contributed by atoms with Gasteiger partial charge in [0.15, 0.2) is 0 Å². The highest BCUT2D eigenvalue weighted by Gasteiger charge is 2.54. The number of aliphatic carboxylic acids is 1. The SMILES string of the molecule is [2H]Oc1ccc(C(NC(=O)c2ccc(-c3ccc(C)cc3)nc2O)C(=O)NC2C(=O)N3C(C(=O)O)=C(COC(C)=O)CS[C@@H]23)cc1. The van der Waals surface area contributed by atoms with Crippen LogP contribution in [0.5, 0.6) is 11.6 Å². The fourth-order valence-electron chi connectivity index (χ4n) is 4.90. The van der Waals surface area contributed by atoms with E-state index in [0.29, 0.717) is 5.69 Å². The Hall–Kier alpha value is -5.37. The maximum absolute atomic E-state index is 13.7. The lowest BCUT2D eigenvalue weighted by Gasteiger charge is -2.49. The van der Waals surface area contributed by atoms with Crippen LogP contribution < -0.4 is 10.6 Å². The predicted octanol–water partition coefficient (Wildman–Crippen LogP) is 2.24. The van der Waals surface area contributed by atoms with Crippen molar-refractivity contribution in [2.75, 3.05) is 12.4 Å². The molecule has 14 heteroatoms. The van der Waals surface area contributed by atoms with Gasteiger partial charge in [-0.2, -0.15) is 0 Å². The number of aryl methyl sites for hydroxylation is 1. The van der Waals surface area contributed by atoms with Crippen LogP contribution in [0, 0.1) is 6.92 Å². The van der Waals surface area contributed by atoms with Crippen molar-refractivity contribution < 1.29 is 44.0 Å². The lowest BCUT2D eigenvalue weighted by molar-refractivity contribution is -0.151. The number of phenols is 1. The van der Waals surface area contributed by atoms with E-state index in [2.05, 4.69) is 20.7 Å². The first-order valence-electron chi connectivity index (χ1n) is 14.0. The van der Waals surface area contributed by atoms with Gasteiger partial charge in [0.25, 0.3) is 13.2 Å². The molecule has 5 rings (SSSR count). The number of benzene rings is 2. The zero-order valence-electron chi connectivity index (χ0n) is 25.0. The smallest absolute Gasteiger partial charge is 0.352 e. The van der Waals surface area contributed by atoms with Crippen LogP contribution in [0.15, 0.2) is 71.9 Å². The Morgan fingerprint density at radius 3 is 2.44 bits per heavy atom. The number of nitrogens with zero attached hydrogens (tertiary/aromatic N) is 2. The highest BCUT2D eigenvalue weighted by Crippen LogP contribution is 2.40. The van der Waals surface area contributed by atoms with E-state index in [9.17, 15) is 34.2 Å². The average Bonchev–Trinajstić information content (AvgIpc) is 3.04. The second-order valence-corrected chi connectivity index (χ2v) is 11.4. The molecule has 3 amide bonds. The normalized spacial score (nSPS) is 18.1. The summed E-state index contributed by atoms with van der Waals surface area (Å²) in [4.78, 5) is 68.6. The quantitative estimate of drug-likeness (QED) is 0.162. The summed E-state index contributed by atoms with van der Waals surface area (Å²) in [5.74, 6) is -4.56. The Bertz CT molecular complexity index is 1750. The zero-order chi connectivity index (χ0) is 33.1. The number of carboxylic acid groups (broad SMARTS) is 1. The number of pyridine rings is 1. The third kappa shape index (κ3) is 6.45. The number of amides is 3. The third-order valence-corrected chi connectivity index (χ3v) is 8.56. The summed E-state index contributed by atoms with van der Waals surface area (Å²) in [6.45, 7) is 2.82. The highest BCUT2D eigenvalue weighted by molar-refractivity contribution is 8.00. The lowest BCUT2D eigenvalue weighted by Crippen LogP contribution is -2.71. The topological polar surface area (TPSA) is 195 Å². The summed E-state index contributed by atoms with van der Waals surface area (Å²) >= 11 is 1.18. The number of rotatable bonds is 10. The van der Waals surface area contributed by atoms with E-state index in [0.717, 1.165) is 16.0 Å². The lowest BCUT2D eigenvalue weighted by atomic mass is 10.0. The summed E-state index contributed by atoms with van der Waals surface area (Å²) in [6.07, 6.45) is 0. The molecule has 2 unspecified atom stereocenters. The maximum atomic E-state index is 13.7. The largest absolute Gasteiger partial charge is 0.508 e. The van der Waals surface area contributed by atoms with E-state index in [-0.39, 0.29) is 40.5 Å². The minimum atomic E-state index is -1.38. The van der Waals surface area contributed by atoms with Crippen LogP contribution in [0.25, 0.3) is 11.3 Å². The number of carbonyl (C=O) groups is 5. The number of ether oxygens (including phenoxy) is 1. The number of aromatic hydroxyl groups is 2. The van der Waals surface area contributed by atoms with Crippen molar-refractivity contribution in [3.05, 3.63) is 88.6 Å². The van der Waals surface area contributed by atoms with Crippen molar-refractivity contribution in [1.82, 2.24) is 20.5 Å². The molecule has 0 bridgehead atoms. The van der Waals surface area contributed by atoms with Crippen molar-refractivity contribution in [3.63, 3.8) is 0 Å². The molecule has 1 saturated heterocycles. The van der Waals surface area contributed by atoms with Crippen LogP contribution in [-0.4, -0.2) is 80.1 Å². The molecule has 1 fully saturated rings. The van der Waals surface area contributed by atoms with Gasteiger partial charge in [-0.3, -0.25) is 24.1 Å². The van der Waals surface area contributed by atoms with Crippen molar-refractivity contribution in [2.24, 2.45) is 0 Å². The summed E-state index contributed by atoms with van der Waals surface area (Å²) < 4.78 is 12.0. The van der Waals surface area contributed by atoms with Crippen molar-refractivity contribution in [3.8, 4) is 22.9 Å². The number of carboxylic acids is 1. The van der Waals surface area contributed by atoms with E-state index in [1.165, 1.54) is 49.0 Å². The minimum Gasteiger partial charge on any atom is -0.508 e. The molecule has 3 heterocycles. The molecule has 2 aliphatic heterocycles. The Balaban J connectivity index is 1.36. The van der Waals surface area contributed by atoms with E-state index in [1.54, 1.807) is 6.07 Å². The van der Waals surface area contributed by atoms with Crippen molar-refractivity contribution >= 4 is 41.4 Å². The molecule has 0 aliphatic carbocycles. The number of fused-ring (bicyclic) bond motifs is 1. The number of nitrogens with one attached hydrogen (secondary N) is 2. The monoisotopic (exact) mass is 633 g/mol. The van der Waals surface area contributed by atoms with Crippen LogP contribution in [0.1, 0.15) is 34.5 Å². The second-order valence-electron chi connectivity index (χ2n) is 10.3. The number of β-lactam (4-membered cyclic amide) rings is 1. The molecule has 5 N–H and O–H groups in total. The van der Waals surface area contributed by atoms with Gasteiger partial charge in [-0.1, -0.05) is 42.0 Å². The fourth-order valence-corrected chi connectivity index (χ4v) is 6.23. The molecular weight excluding hydrogens is 604 g/mol. The maximum Gasteiger partial charge on any atom is 0.352 e. The number of phenolic OH excluding ortho intramolecular Hbond substituents is 1. The number of hydrogen-bond donors (Lipinski definition) is 5. The van der Waals surface area contributed by atoms with Crippen LogP contribution >= 0.6 is 11.8 Å². The van der Waals surface area contributed by atoms with Crippen LogP contribution in [-0.2, 0) is 23.9 Å². The van der Waals surface area contributed by atoms with Gasteiger partial charge in [0.05, 0.1) is 5.69 Å². The second kappa shape index (κ2) is 12.7. The molecule has 3 atom stereocenters. The van der Waals surface area contributed by atoms with Gasteiger partial charge in [0.2, 0.25) is 11.8 Å². The number of aromatic nitrogens is 1. The molecule has 45 heavy (non-hydrogen) atoms. The predicted molar refractivity (Wildman–Crippen MR) is 161 cm³/mol. The first-order chi connectivity index (χ1) is 22.0. The van der Waals surface area contributed by atoms with Gasteiger partial charge < -0.3 is 30.7 Å². The van der Waals surface area contributed by atoms with Crippen LogP contribution in [0.2, 0.25) is 0 Å². The zero-order valence-corrected chi connectivity index (χ0v) is 24.8. The average molecular weight is 634 g/mol. The summed E-state index contributed by atoms with van der Waals surface area (Å²) in [7, 11) is 0. The molecule has 232 valence electrons. The molecule has 1 aromatic heterocycles. The molecule has 0 saturated carbocycles. The van der Waals surface area contributed by atoms with Gasteiger partial charge in [-0.25, -0.2) is 9.78 Å². The van der Waals surface area contributed by atoms with E-state index < -0.39 is 53.0 Å². The number of hydrogen-bond acceptors (Lipinski definition) is 10. The Morgan fingerprint density at radius 1 is 1.11 bits per heavy atom. The van der Waals surface area contributed by atoms with E-state index in [4.69, 9.17) is 6.17 Å². The van der Waals surface area contributed by atoms with Crippen molar-refractivity contribution in [2.45, 2.75) is 31.3 Å². The van der Waals surface area contributed by atoms with Gasteiger partial charge >= 0.3 is 11.9 Å². The van der Waals surface area contributed by atoms with Crippen LogP contribution in [0.3, 0.4) is 0 Å². The van der Waals surface area contributed by atoms with Gasteiger partial charge in [0, 0.05) is 23.8 Å². The minimum absolute atomic E-state index is 0.134. The Kier molecular flexibility index (Phi) is 8.38. The first kappa shape index (κ1) is 29.7. The van der Waals surface area contributed by atoms with Gasteiger partial charge in [0.1, 0.15) is 41.1 Å². The number of thioether (sulfide) groups is 1. The molecule has 13 nitrogen and oxygen atoms in total. The van der Waals surface area contributed by atoms with E-state index in [1.807, 2.05) is 31.2 Å². The summed E-state index contributed by atoms with van der Waals surface area (Å²) in [5.41, 5.74) is 2.19. The van der Waals surface area contributed by atoms with Gasteiger partial charge in [-0.15, -0.1) is 11.8 Å². The Labute approximate surface area is 262 Å². The third-order valence-electron chi connectivity index (χ3n) is 7.22. The van der Waals surface area contributed by atoms with E-state index >= 15 is 0 Å². The molecule has 2 aliphatic rings. The summed E-state index contributed by atoms with van der Waals surface area (Å²) in [6, 6.07) is 13.6. The first-order valence-corrected chi connectivity index (χ1v) is 14.7. The molecule has 0 radical (unpaired) electrons. The molecule has 0 spiro atoms. The molecule has 3 aromatic rings. The highest BCUT2D eigenvalue weighted by atomic mass is 32.2. The van der Waals surface area contributed by atoms with Gasteiger partial charge in [-0.05, 0) is 36.8 Å². The van der Waals surface area contributed by atoms with Crippen molar-refractivity contribution in [1.29, 1.82) is 1.43 Å². The molecule has 2 aromatic carbocycles. The summed E-state index contributed by atoms with van der Waals surface area (Å²) in [5, 5.41) is 29.3. The Morgan fingerprint density at radius 2 is 1.82 bits per heavy atom.